The molecule has 0 aliphatic heterocycles. The van der Waals surface area contributed by atoms with Gasteiger partial charge in [-0.1, -0.05) is 26.0 Å². The molecule has 0 spiro atoms. The molecule has 1 unspecified atom stereocenters. The highest BCUT2D eigenvalue weighted by Crippen LogP contribution is 2.13. The monoisotopic (exact) mass is 330 g/mol. The first-order valence-electron chi connectivity index (χ1n) is 7.39. The highest BCUT2D eigenvalue weighted by atomic mass is 32.2. The Labute approximate surface area is 133 Å². The lowest BCUT2D eigenvalue weighted by Crippen LogP contribution is -2.34. The van der Waals surface area contributed by atoms with Crippen LogP contribution in [0.5, 0.6) is 0 Å². The van der Waals surface area contributed by atoms with Crippen molar-refractivity contribution in [3.63, 3.8) is 0 Å². The molecule has 0 bridgehead atoms. The molecule has 0 fully saturated rings. The predicted octanol–water partition coefficient (Wildman–Crippen LogP) is 2.61. The summed E-state index contributed by atoms with van der Waals surface area (Å²) in [5, 5.41) is 3.28. The van der Waals surface area contributed by atoms with E-state index in [2.05, 4.69) is 23.9 Å². The van der Waals surface area contributed by atoms with E-state index < -0.39 is 10.0 Å². The summed E-state index contributed by atoms with van der Waals surface area (Å²) in [6.45, 7) is 7.69. The molecule has 21 heavy (non-hydrogen) atoms. The number of hydrogen-bond donors (Lipinski definition) is 2. The van der Waals surface area contributed by atoms with Gasteiger partial charge in [0.15, 0.2) is 0 Å². The molecule has 1 rings (SSSR count). The summed E-state index contributed by atoms with van der Waals surface area (Å²) in [5.74, 6) is 1.78. The third kappa shape index (κ3) is 6.82. The van der Waals surface area contributed by atoms with E-state index >= 15 is 0 Å². The minimum atomic E-state index is -3.43. The summed E-state index contributed by atoms with van der Waals surface area (Å²) in [6.07, 6.45) is 1.06. The first-order valence-corrected chi connectivity index (χ1v) is 10.0. The summed E-state index contributed by atoms with van der Waals surface area (Å²) in [7, 11) is -3.43. The van der Waals surface area contributed by atoms with E-state index in [1.54, 1.807) is 30.0 Å². The normalized spacial score (nSPS) is 13.3. The predicted molar refractivity (Wildman–Crippen MR) is 91.2 cm³/mol. The number of benzene rings is 1. The average molecular weight is 331 g/mol. The number of hydrogen-bond acceptors (Lipinski definition) is 4. The maximum Gasteiger partial charge on any atom is 0.240 e. The summed E-state index contributed by atoms with van der Waals surface area (Å²) >= 11 is 1.73. The Morgan fingerprint density at radius 3 is 2.71 bits per heavy atom. The van der Waals surface area contributed by atoms with Crippen molar-refractivity contribution in [1.82, 2.24) is 10.0 Å². The topological polar surface area (TPSA) is 58.2 Å². The van der Waals surface area contributed by atoms with Crippen molar-refractivity contribution < 1.29 is 8.42 Å². The maximum absolute atomic E-state index is 12.3. The van der Waals surface area contributed by atoms with Gasteiger partial charge in [-0.25, -0.2) is 13.1 Å². The van der Waals surface area contributed by atoms with E-state index in [1.807, 2.05) is 13.0 Å². The van der Waals surface area contributed by atoms with Crippen LogP contribution >= 0.6 is 11.8 Å². The number of nitrogens with one attached hydrogen (secondary N) is 2. The molecule has 1 atom stereocenters. The van der Waals surface area contributed by atoms with Crippen LogP contribution in [0.1, 0.15) is 32.8 Å². The van der Waals surface area contributed by atoms with Crippen LogP contribution in [0.25, 0.3) is 0 Å². The molecule has 0 saturated heterocycles. The fraction of sp³-hybridized carbons (Fsp3) is 0.600. The van der Waals surface area contributed by atoms with Crippen LogP contribution < -0.4 is 10.0 Å². The van der Waals surface area contributed by atoms with E-state index in [0.29, 0.717) is 11.4 Å². The largest absolute Gasteiger partial charge is 0.313 e. The van der Waals surface area contributed by atoms with Gasteiger partial charge in [0.2, 0.25) is 10.0 Å². The number of sulfonamides is 1. The van der Waals surface area contributed by atoms with Gasteiger partial charge in [-0.15, -0.1) is 0 Å². The van der Waals surface area contributed by atoms with Crippen molar-refractivity contribution in [2.24, 2.45) is 0 Å². The van der Waals surface area contributed by atoms with Crippen molar-refractivity contribution in [1.29, 1.82) is 0 Å². The standard InChI is InChI=1S/C15H26N2O2S2/c1-4-9-16-11-14-7-6-8-15(10-14)21(18,19)17-13(3)12-20-5-2/h6-8,10,13,16-17H,4-5,9,11-12H2,1-3H3. The van der Waals surface area contributed by atoms with E-state index in [-0.39, 0.29) is 6.04 Å². The molecule has 0 aliphatic rings. The minimum Gasteiger partial charge on any atom is -0.313 e. The fourth-order valence-electron chi connectivity index (χ4n) is 1.89. The highest BCUT2D eigenvalue weighted by molar-refractivity contribution is 7.99. The Morgan fingerprint density at radius 1 is 1.29 bits per heavy atom. The lowest BCUT2D eigenvalue weighted by atomic mass is 10.2. The molecule has 120 valence electrons. The van der Waals surface area contributed by atoms with Crippen LogP contribution in [0.2, 0.25) is 0 Å². The van der Waals surface area contributed by atoms with Crippen LogP contribution in [0.15, 0.2) is 29.2 Å². The Hall–Kier alpha value is -0.560. The molecule has 1 aromatic carbocycles. The van der Waals surface area contributed by atoms with Gasteiger partial charge in [0.05, 0.1) is 4.90 Å². The van der Waals surface area contributed by atoms with Gasteiger partial charge in [0.1, 0.15) is 0 Å². The smallest absolute Gasteiger partial charge is 0.240 e. The van der Waals surface area contributed by atoms with E-state index in [9.17, 15) is 8.42 Å². The lowest BCUT2D eigenvalue weighted by molar-refractivity contribution is 0.570. The third-order valence-electron chi connectivity index (χ3n) is 2.89. The van der Waals surface area contributed by atoms with Gasteiger partial charge < -0.3 is 5.32 Å². The molecule has 2 N–H and O–H groups in total. The second-order valence-electron chi connectivity index (χ2n) is 5.01. The van der Waals surface area contributed by atoms with Crippen molar-refractivity contribution in [3.05, 3.63) is 29.8 Å². The molecule has 0 heterocycles. The van der Waals surface area contributed by atoms with Gasteiger partial charge in [0.25, 0.3) is 0 Å². The Bertz CT molecular complexity index is 518. The van der Waals surface area contributed by atoms with Crippen LogP contribution in [-0.4, -0.2) is 32.5 Å². The van der Waals surface area contributed by atoms with Crippen molar-refractivity contribution in [2.45, 2.75) is 44.7 Å². The van der Waals surface area contributed by atoms with Gasteiger partial charge in [0, 0.05) is 18.3 Å². The molecule has 0 radical (unpaired) electrons. The Morgan fingerprint density at radius 2 is 2.05 bits per heavy atom. The van der Waals surface area contributed by atoms with Gasteiger partial charge in [-0.2, -0.15) is 11.8 Å². The summed E-state index contributed by atoms with van der Waals surface area (Å²) in [6, 6.07) is 7.05. The molecular formula is C15H26N2O2S2. The van der Waals surface area contributed by atoms with Crippen molar-refractivity contribution in [2.75, 3.05) is 18.1 Å². The zero-order chi connectivity index (χ0) is 15.7. The average Bonchev–Trinajstić information content (AvgIpc) is 2.45. The molecule has 6 heteroatoms. The molecule has 0 aromatic heterocycles. The number of thioether (sulfide) groups is 1. The molecule has 0 saturated carbocycles. The molecule has 0 aliphatic carbocycles. The van der Waals surface area contributed by atoms with E-state index in [0.717, 1.165) is 30.0 Å². The molecular weight excluding hydrogens is 304 g/mol. The van der Waals surface area contributed by atoms with Crippen molar-refractivity contribution in [3.8, 4) is 0 Å². The second-order valence-corrected chi connectivity index (χ2v) is 8.04. The maximum atomic E-state index is 12.3. The van der Waals surface area contributed by atoms with Crippen LogP contribution in [0.3, 0.4) is 0 Å². The molecule has 0 amide bonds. The Balaban J connectivity index is 2.71. The van der Waals surface area contributed by atoms with E-state index in [4.69, 9.17) is 0 Å². The van der Waals surface area contributed by atoms with Crippen molar-refractivity contribution >= 4 is 21.8 Å². The SMILES string of the molecule is CCCNCc1cccc(S(=O)(=O)NC(C)CSCC)c1. The molecule has 4 nitrogen and oxygen atoms in total. The quantitative estimate of drug-likeness (QED) is 0.648. The Kier molecular flexibility index (Phi) is 8.33. The van der Waals surface area contributed by atoms with Gasteiger partial charge >= 0.3 is 0 Å². The molecule has 1 aromatic rings. The summed E-state index contributed by atoms with van der Waals surface area (Å²) < 4.78 is 27.4. The van der Waals surface area contributed by atoms with Gasteiger partial charge in [-0.3, -0.25) is 0 Å². The van der Waals surface area contributed by atoms with Crippen LogP contribution in [0, 0.1) is 0 Å². The zero-order valence-corrected chi connectivity index (χ0v) is 14.7. The van der Waals surface area contributed by atoms with Gasteiger partial charge in [-0.05, 0) is 43.3 Å². The second kappa shape index (κ2) is 9.46. The fourth-order valence-corrected chi connectivity index (χ4v) is 3.99. The van der Waals surface area contributed by atoms with E-state index in [1.165, 1.54) is 0 Å². The first-order chi connectivity index (χ1) is 9.99. The third-order valence-corrected chi connectivity index (χ3v) is 5.62. The number of rotatable bonds is 10. The summed E-state index contributed by atoms with van der Waals surface area (Å²) in [5.41, 5.74) is 0.988. The first kappa shape index (κ1) is 18.5. The zero-order valence-electron chi connectivity index (χ0n) is 13.1. The van der Waals surface area contributed by atoms with Crippen LogP contribution in [0.4, 0.5) is 0 Å². The van der Waals surface area contributed by atoms with Crippen LogP contribution in [-0.2, 0) is 16.6 Å². The highest BCUT2D eigenvalue weighted by Gasteiger charge is 2.17. The summed E-state index contributed by atoms with van der Waals surface area (Å²) in [4.78, 5) is 0.339. The minimum absolute atomic E-state index is 0.0678. The lowest BCUT2D eigenvalue weighted by Gasteiger charge is -2.14.